The maximum absolute atomic E-state index is 11.9. The van der Waals surface area contributed by atoms with Crippen molar-refractivity contribution in [3.63, 3.8) is 0 Å². The molecule has 0 saturated heterocycles. The molecule has 17 heavy (non-hydrogen) atoms. The van der Waals surface area contributed by atoms with Crippen LogP contribution < -0.4 is 5.73 Å². The minimum absolute atomic E-state index is 0.0826. The summed E-state index contributed by atoms with van der Waals surface area (Å²) in [6, 6.07) is 5.73. The number of nitrogens with zero attached hydrogens (tertiary/aromatic N) is 2. The fraction of sp³-hybridized carbons (Fsp3) is 0.417. The van der Waals surface area contributed by atoms with Gasteiger partial charge in [0.15, 0.2) is 0 Å². The standard InChI is InChI=1S/C12H17N3OS/c1-8-5-4-6-10(14-8)7-15(3)12(16)9(2)11(13)17/h4-6,9H,7H2,1-3H3,(H2,13,17). The Hall–Kier alpha value is -1.49. The maximum Gasteiger partial charge on any atom is 0.232 e. The van der Waals surface area contributed by atoms with E-state index in [1.807, 2.05) is 25.1 Å². The van der Waals surface area contributed by atoms with E-state index in [0.29, 0.717) is 6.54 Å². The number of nitrogens with two attached hydrogens (primary N) is 1. The summed E-state index contributed by atoms with van der Waals surface area (Å²) >= 11 is 4.81. The predicted molar refractivity (Wildman–Crippen MR) is 71.4 cm³/mol. The van der Waals surface area contributed by atoms with Crippen LogP contribution >= 0.6 is 12.2 Å². The molecule has 0 aromatic carbocycles. The van der Waals surface area contributed by atoms with Crippen LogP contribution in [0.25, 0.3) is 0 Å². The molecule has 0 bridgehead atoms. The fourth-order valence-electron chi connectivity index (χ4n) is 1.46. The number of amides is 1. The highest BCUT2D eigenvalue weighted by Gasteiger charge is 2.19. The summed E-state index contributed by atoms with van der Waals surface area (Å²) in [7, 11) is 1.72. The van der Waals surface area contributed by atoms with Gasteiger partial charge >= 0.3 is 0 Å². The third-order valence-corrected chi connectivity index (χ3v) is 2.87. The smallest absolute Gasteiger partial charge is 0.232 e. The zero-order chi connectivity index (χ0) is 13.0. The largest absolute Gasteiger partial charge is 0.393 e. The molecule has 1 aromatic rings. The lowest BCUT2D eigenvalue weighted by molar-refractivity contribution is -0.132. The van der Waals surface area contributed by atoms with Crippen LogP contribution in [0.3, 0.4) is 0 Å². The van der Waals surface area contributed by atoms with Crippen LogP contribution in [-0.4, -0.2) is 27.8 Å². The van der Waals surface area contributed by atoms with Crippen molar-refractivity contribution in [1.82, 2.24) is 9.88 Å². The first-order chi connectivity index (χ1) is 7.91. The van der Waals surface area contributed by atoms with Crippen molar-refractivity contribution in [3.8, 4) is 0 Å². The summed E-state index contributed by atoms with van der Waals surface area (Å²) in [6.45, 7) is 4.10. The topological polar surface area (TPSA) is 59.2 Å². The average Bonchev–Trinajstić information content (AvgIpc) is 2.26. The molecule has 0 radical (unpaired) electrons. The van der Waals surface area contributed by atoms with E-state index in [4.69, 9.17) is 18.0 Å². The second-order valence-corrected chi connectivity index (χ2v) is 4.56. The number of hydrogen-bond donors (Lipinski definition) is 1. The van der Waals surface area contributed by atoms with Gasteiger partial charge in [-0.2, -0.15) is 0 Å². The highest BCUT2D eigenvalue weighted by molar-refractivity contribution is 7.80. The van der Waals surface area contributed by atoms with Crippen molar-refractivity contribution in [2.75, 3.05) is 7.05 Å². The van der Waals surface area contributed by atoms with Gasteiger partial charge in [-0.15, -0.1) is 0 Å². The van der Waals surface area contributed by atoms with Gasteiger partial charge in [0, 0.05) is 12.7 Å². The van der Waals surface area contributed by atoms with Crippen molar-refractivity contribution in [2.45, 2.75) is 20.4 Å². The van der Waals surface area contributed by atoms with E-state index >= 15 is 0 Å². The minimum Gasteiger partial charge on any atom is -0.393 e. The van der Waals surface area contributed by atoms with Crippen LogP contribution in [0.5, 0.6) is 0 Å². The van der Waals surface area contributed by atoms with E-state index in [1.54, 1.807) is 18.9 Å². The molecular weight excluding hydrogens is 234 g/mol. The number of pyridine rings is 1. The molecular formula is C12H17N3OS. The fourth-order valence-corrected chi connectivity index (χ4v) is 1.56. The van der Waals surface area contributed by atoms with Crippen LogP contribution in [0.2, 0.25) is 0 Å². The lowest BCUT2D eigenvalue weighted by Gasteiger charge is -2.20. The Kier molecular flexibility index (Phi) is 4.57. The molecule has 0 fully saturated rings. The Labute approximate surface area is 107 Å². The first-order valence-corrected chi connectivity index (χ1v) is 5.79. The van der Waals surface area contributed by atoms with Crippen LogP contribution in [0, 0.1) is 12.8 Å². The van der Waals surface area contributed by atoms with Crippen molar-refractivity contribution in [2.24, 2.45) is 11.7 Å². The number of carbonyl (C=O) groups excluding carboxylic acids is 1. The summed E-state index contributed by atoms with van der Waals surface area (Å²) in [4.78, 5) is 18.1. The average molecular weight is 251 g/mol. The van der Waals surface area contributed by atoms with E-state index in [2.05, 4.69) is 4.98 Å². The Bertz CT molecular complexity index is 434. The quantitative estimate of drug-likeness (QED) is 0.819. The van der Waals surface area contributed by atoms with Crippen molar-refractivity contribution in [3.05, 3.63) is 29.6 Å². The van der Waals surface area contributed by atoms with Gasteiger partial charge in [0.25, 0.3) is 0 Å². The molecule has 0 aliphatic heterocycles. The zero-order valence-corrected chi connectivity index (χ0v) is 11.1. The lowest BCUT2D eigenvalue weighted by atomic mass is 10.1. The molecule has 1 amide bonds. The molecule has 1 atom stereocenters. The summed E-state index contributed by atoms with van der Waals surface area (Å²) < 4.78 is 0. The van der Waals surface area contributed by atoms with Gasteiger partial charge in [-0.25, -0.2) is 0 Å². The van der Waals surface area contributed by atoms with Gasteiger partial charge in [-0.1, -0.05) is 18.3 Å². The predicted octanol–water partition coefficient (Wildman–Crippen LogP) is 1.27. The Morgan fingerprint density at radius 1 is 1.59 bits per heavy atom. The van der Waals surface area contributed by atoms with Gasteiger partial charge in [-0.05, 0) is 26.0 Å². The summed E-state index contributed by atoms with van der Waals surface area (Å²) in [5, 5.41) is 0. The van der Waals surface area contributed by atoms with Gasteiger partial charge in [0.05, 0.1) is 23.1 Å². The molecule has 5 heteroatoms. The number of thiocarbonyl (C=S) groups is 1. The second-order valence-electron chi connectivity index (χ2n) is 4.09. The van der Waals surface area contributed by atoms with Gasteiger partial charge in [-0.3, -0.25) is 9.78 Å². The Morgan fingerprint density at radius 3 is 2.76 bits per heavy atom. The van der Waals surface area contributed by atoms with Gasteiger partial charge < -0.3 is 10.6 Å². The molecule has 1 rings (SSSR count). The molecule has 1 heterocycles. The van der Waals surface area contributed by atoms with Crippen LogP contribution in [0.4, 0.5) is 0 Å². The normalized spacial score (nSPS) is 11.9. The van der Waals surface area contributed by atoms with Crippen molar-refractivity contribution in [1.29, 1.82) is 0 Å². The molecule has 92 valence electrons. The van der Waals surface area contributed by atoms with Crippen LogP contribution in [0.15, 0.2) is 18.2 Å². The van der Waals surface area contributed by atoms with Crippen LogP contribution in [-0.2, 0) is 11.3 Å². The highest BCUT2D eigenvalue weighted by atomic mass is 32.1. The molecule has 0 aliphatic carbocycles. The van der Waals surface area contributed by atoms with Gasteiger partial charge in [0.1, 0.15) is 0 Å². The zero-order valence-electron chi connectivity index (χ0n) is 10.3. The molecule has 0 aliphatic rings. The monoisotopic (exact) mass is 251 g/mol. The van der Waals surface area contributed by atoms with E-state index in [-0.39, 0.29) is 10.9 Å². The van der Waals surface area contributed by atoms with E-state index in [1.165, 1.54) is 0 Å². The van der Waals surface area contributed by atoms with Gasteiger partial charge in [0.2, 0.25) is 5.91 Å². The van der Waals surface area contributed by atoms with E-state index in [0.717, 1.165) is 11.4 Å². The second kappa shape index (κ2) is 5.72. The third-order valence-electron chi connectivity index (χ3n) is 2.52. The summed E-state index contributed by atoms with van der Waals surface area (Å²) in [6.07, 6.45) is 0. The number of aromatic nitrogens is 1. The maximum atomic E-state index is 11.9. The first kappa shape index (κ1) is 13.6. The summed E-state index contributed by atoms with van der Waals surface area (Å²) in [5.41, 5.74) is 7.25. The number of carbonyl (C=O) groups is 1. The lowest BCUT2D eigenvalue weighted by Crippen LogP contribution is -2.37. The van der Waals surface area contributed by atoms with E-state index < -0.39 is 5.92 Å². The molecule has 0 spiro atoms. The molecule has 2 N–H and O–H groups in total. The molecule has 1 aromatic heterocycles. The highest BCUT2D eigenvalue weighted by Crippen LogP contribution is 2.06. The molecule has 0 saturated carbocycles. The molecule has 1 unspecified atom stereocenters. The van der Waals surface area contributed by atoms with Crippen LogP contribution in [0.1, 0.15) is 18.3 Å². The number of aryl methyl sites for hydroxylation is 1. The Balaban J connectivity index is 2.69. The SMILES string of the molecule is Cc1cccc(CN(C)C(=O)C(C)C(N)=S)n1. The molecule has 4 nitrogen and oxygen atoms in total. The number of rotatable bonds is 4. The Morgan fingerprint density at radius 2 is 2.24 bits per heavy atom. The number of hydrogen-bond acceptors (Lipinski definition) is 3. The third kappa shape index (κ3) is 3.78. The minimum atomic E-state index is -0.431. The van der Waals surface area contributed by atoms with Crippen molar-refractivity contribution >= 4 is 23.1 Å². The first-order valence-electron chi connectivity index (χ1n) is 5.38. The van der Waals surface area contributed by atoms with E-state index in [9.17, 15) is 4.79 Å². The van der Waals surface area contributed by atoms with Crippen molar-refractivity contribution < 1.29 is 4.79 Å². The summed E-state index contributed by atoms with van der Waals surface area (Å²) in [5.74, 6) is -0.513.